The fourth-order valence-electron chi connectivity index (χ4n) is 1.92. The van der Waals surface area contributed by atoms with Crippen molar-refractivity contribution in [2.24, 2.45) is 5.92 Å². The number of hydrogen-bond acceptors (Lipinski definition) is 4. The molecule has 0 spiro atoms. The predicted octanol–water partition coefficient (Wildman–Crippen LogP) is 1.96. The van der Waals surface area contributed by atoms with E-state index in [-0.39, 0.29) is 17.0 Å². The molecule has 1 aliphatic rings. The number of phenolic OH excluding ortho intramolecular Hbond substituents is 1. The number of nitrogens with one attached hydrogen (secondary N) is 2. The standard InChI is InChI=1S/C13H16N2O4S/c16-11-5-9(12(17)18)1-2-10(11)15-13(19)14-6-8-3-4-20-7-8/h1-2,5,8,16H,3-4,6-7H2,(H,17,18)(H2,14,15,19). The van der Waals surface area contributed by atoms with Crippen LogP contribution in [0.25, 0.3) is 0 Å². The lowest BCUT2D eigenvalue weighted by Crippen LogP contribution is -2.33. The van der Waals surface area contributed by atoms with E-state index in [1.165, 1.54) is 12.1 Å². The van der Waals surface area contributed by atoms with Crippen LogP contribution in [0.3, 0.4) is 0 Å². The van der Waals surface area contributed by atoms with Gasteiger partial charge in [0.25, 0.3) is 0 Å². The van der Waals surface area contributed by atoms with E-state index in [4.69, 9.17) is 5.11 Å². The first-order valence-electron chi connectivity index (χ1n) is 6.25. The van der Waals surface area contributed by atoms with Crippen molar-refractivity contribution in [3.63, 3.8) is 0 Å². The maximum absolute atomic E-state index is 11.7. The zero-order valence-corrected chi connectivity index (χ0v) is 11.6. The Morgan fingerprint density at radius 2 is 2.20 bits per heavy atom. The van der Waals surface area contributed by atoms with E-state index < -0.39 is 12.0 Å². The molecule has 1 aromatic carbocycles. The van der Waals surface area contributed by atoms with Crippen LogP contribution in [-0.4, -0.2) is 40.3 Å². The Morgan fingerprint density at radius 3 is 2.80 bits per heavy atom. The van der Waals surface area contributed by atoms with Gasteiger partial charge in [0, 0.05) is 6.54 Å². The smallest absolute Gasteiger partial charge is 0.335 e. The van der Waals surface area contributed by atoms with Crippen LogP contribution in [0.5, 0.6) is 5.75 Å². The Hall–Kier alpha value is -1.89. The fourth-order valence-corrected chi connectivity index (χ4v) is 3.20. The van der Waals surface area contributed by atoms with E-state index >= 15 is 0 Å². The van der Waals surface area contributed by atoms with Gasteiger partial charge in [0.2, 0.25) is 0 Å². The molecule has 6 nitrogen and oxygen atoms in total. The summed E-state index contributed by atoms with van der Waals surface area (Å²) in [6.07, 6.45) is 1.10. The number of urea groups is 1. The third kappa shape index (κ3) is 3.80. The van der Waals surface area contributed by atoms with Crippen LogP contribution in [0.4, 0.5) is 10.5 Å². The van der Waals surface area contributed by atoms with Gasteiger partial charge in [-0.1, -0.05) is 0 Å². The lowest BCUT2D eigenvalue weighted by Gasteiger charge is -2.12. The number of thioether (sulfide) groups is 1. The van der Waals surface area contributed by atoms with Crippen molar-refractivity contribution in [3.05, 3.63) is 23.8 Å². The maximum atomic E-state index is 11.7. The molecule has 4 N–H and O–H groups in total. The third-order valence-corrected chi connectivity index (χ3v) is 4.30. The molecular formula is C13H16N2O4S. The fraction of sp³-hybridized carbons (Fsp3) is 0.385. The molecule has 1 fully saturated rings. The molecule has 0 saturated carbocycles. The van der Waals surface area contributed by atoms with E-state index in [0.717, 1.165) is 24.0 Å². The predicted molar refractivity (Wildman–Crippen MR) is 77.5 cm³/mol. The minimum atomic E-state index is -1.13. The molecule has 0 aliphatic carbocycles. The van der Waals surface area contributed by atoms with Crippen LogP contribution in [0.1, 0.15) is 16.8 Å². The van der Waals surface area contributed by atoms with Gasteiger partial charge < -0.3 is 20.8 Å². The monoisotopic (exact) mass is 296 g/mol. The summed E-state index contributed by atoms with van der Waals surface area (Å²) in [6, 6.07) is 3.39. The minimum Gasteiger partial charge on any atom is -0.506 e. The maximum Gasteiger partial charge on any atom is 0.335 e. The number of carboxylic acids is 1. The van der Waals surface area contributed by atoms with E-state index in [1.54, 1.807) is 0 Å². The van der Waals surface area contributed by atoms with Gasteiger partial charge in [-0.3, -0.25) is 0 Å². The number of benzene rings is 1. The Bertz CT molecular complexity index is 515. The van der Waals surface area contributed by atoms with Crippen LogP contribution in [0.15, 0.2) is 18.2 Å². The molecule has 1 heterocycles. The number of amides is 2. The van der Waals surface area contributed by atoms with Crippen molar-refractivity contribution >= 4 is 29.4 Å². The van der Waals surface area contributed by atoms with Gasteiger partial charge in [0.1, 0.15) is 5.75 Å². The molecule has 1 unspecified atom stereocenters. The largest absolute Gasteiger partial charge is 0.506 e. The first kappa shape index (κ1) is 14.5. The molecular weight excluding hydrogens is 280 g/mol. The van der Waals surface area contributed by atoms with Gasteiger partial charge in [-0.25, -0.2) is 9.59 Å². The first-order chi connectivity index (χ1) is 9.56. The van der Waals surface area contributed by atoms with Gasteiger partial charge >= 0.3 is 12.0 Å². The number of rotatable bonds is 4. The van der Waals surface area contributed by atoms with Crippen LogP contribution < -0.4 is 10.6 Å². The minimum absolute atomic E-state index is 0.0311. The van der Waals surface area contributed by atoms with Gasteiger partial charge in [-0.15, -0.1) is 0 Å². The van der Waals surface area contributed by atoms with Crippen molar-refractivity contribution < 1.29 is 19.8 Å². The topological polar surface area (TPSA) is 98.7 Å². The Balaban J connectivity index is 1.88. The number of anilines is 1. The van der Waals surface area contributed by atoms with E-state index in [0.29, 0.717) is 12.5 Å². The van der Waals surface area contributed by atoms with Crippen LogP contribution in [0, 0.1) is 5.92 Å². The summed E-state index contributed by atoms with van der Waals surface area (Å²) in [5, 5.41) is 23.7. The Labute approximate surface area is 120 Å². The number of carbonyl (C=O) groups is 2. The second-order valence-electron chi connectivity index (χ2n) is 4.60. The molecule has 1 aliphatic heterocycles. The molecule has 0 bridgehead atoms. The highest BCUT2D eigenvalue weighted by Gasteiger charge is 2.16. The Kier molecular flexibility index (Phi) is 4.73. The summed E-state index contributed by atoms with van der Waals surface area (Å²) in [5.74, 6) is 1.28. The second-order valence-corrected chi connectivity index (χ2v) is 5.75. The van der Waals surface area contributed by atoms with Crippen molar-refractivity contribution in [1.29, 1.82) is 0 Å². The number of aromatic carboxylic acids is 1. The first-order valence-corrected chi connectivity index (χ1v) is 7.40. The summed E-state index contributed by atoms with van der Waals surface area (Å²) >= 11 is 1.88. The molecule has 2 amide bonds. The van der Waals surface area contributed by atoms with Crippen molar-refractivity contribution in [3.8, 4) is 5.75 Å². The van der Waals surface area contributed by atoms with Crippen molar-refractivity contribution in [1.82, 2.24) is 5.32 Å². The van der Waals surface area contributed by atoms with Crippen molar-refractivity contribution in [2.45, 2.75) is 6.42 Å². The SMILES string of the molecule is O=C(NCC1CCSC1)Nc1ccc(C(=O)O)cc1O. The second kappa shape index (κ2) is 6.51. The van der Waals surface area contributed by atoms with E-state index in [9.17, 15) is 14.7 Å². The molecule has 1 saturated heterocycles. The average Bonchev–Trinajstić information content (AvgIpc) is 2.91. The summed E-state index contributed by atoms with van der Waals surface area (Å²) in [7, 11) is 0. The van der Waals surface area contributed by atoms with E-state index in [1.807, 2.05) is 11.8 Å². The van der Waals surface area contributed by atoms with E-state index in [2.05, 4.69) is 10.6 Å². The third-order valence-electron chi connectivity index (χ3n) is 3.07. The zero-order chi connectivity index (χ0) is 14.5. The van der Waals surface area contributed by atoms with Crippen LogP contribution in [-0.2, 0) is 0 Å². The number of phenols is 1. The van der Waals surface area contributed by atoms with Gasteiger partial charge in [-0.05, 0) is 42.0 Å². The summed E-state index contributed by atoms with van der Waals surface area (Å²) in [4.78, 5) is 22.4. The molecule has 7 heteroatoms. The highest BCUT2D eigenvalue weighted by molar-refractivity contribution is 7.99. The molecule has 1 atom stereocenters. The van der Waals surface area contributed by atoms with Gasteiger partial charge in [0.05, 0.1) is 11.3 Å². The van der Waals surface area contributed by atoms with Crippen LogP contribution >= 0.6 is 11.8 Å². The Morgan fingerprint density at radius 1 is 1.40 bits per heavy atom. The molecule has 108 valence electrons. The average molecular weight is 296 g/mol. The summed E-state index contributed by atoms with van der Waals surface area (Å²) in [6.45, 7) is 0.604. The van der Waals surface area contributed by atoms with Crippen molar-refractivity contribution in [2.75, 3.05) is 23.4 Å². The summed E-state index contributed by atoms with van der Waals surface area (Å²) < 4.78 is 0. The molecule has 20 heavy (non-hydrogen) atoms. The molecule has 0 aromatic heterocycles. The molecule has 2 rings (SSSR count). The number of carbonyl (C=O) groups excluding carboxylic acids is 1. The number of aromatic hydroxyl groups is 1. The quantitative estimate of drug-likeness (QED) is 0.637. The lowest BCUT2D eigenvalue weighted by atomic mass is 10.1. The summed E-state index contributed by atoms with van der Waals surface area (Å²) in [5.41, 5.74) is 0.157. The molecule has 0 radical (unpaired) electrons. The normalized spacial score (nSPS) is 17.7. The zero-order valence-electron chi connectivity index (χ0n) is 10.8. The highest BCUT2D eigenvalue weighted by Crippen LogP contribution is 2.25. The molecule has 1 aromatic rings. The number of hydrogen-bond donors (Lipinski definition) is 4. The van der Waals surface area contributed by atoms with Gasteiger partial charge in [-0.2, -0.15) is 11.8 Å². The number of carboxylic acid groups (broad SMARTS) is 1. The van der Waals surface area contributed by atoms with Crippen LogP contribution in [0.2, 0.25) is 0 Å². The lowest BCUT2D eigenvalue weighted by molar-refractivity contribution is 0.0696. The highest BCUT2D eigenvalue weighted by atomic mass is 32.2. The van der Waals surface area contributed by atoms with Gasteiger partial charge in [0.15, 0.2) is 0 Å².